The van der Waals surface area contributed by atoms with Crippen LogP contribution >= 0.6 is 15.9 Å². The number of ether oxygens (including phenoxy) is 1. The Kier molecular flexibility index (Phi) is 5.14. The lowest BCUT2D eigenvalue weighted by Gasteiger charge is -2.14. The standard InChI is InChI=1S/C18H17BrN4O2/c1-12-8-9-20-10-16(12)21-17(24)13(2)25-18-15(19)11-23(22-18)14-6-4-3-5-7-14/h3-11,13H,1-2H3,(H,21,24). The monoisotopic (exact) mass is 400 g/mol. The number of carbonyl (C=O) groups excluding carboxylic acids is 1. The van der Waals surface area contributed by atoms with E-state index in [2.05, 4.69) is 31.3 Å². The molecule has 7 heteroatoms. The fraction of sp³-hybridized carbons (Fsp3) is 0.167. The number of rotatable bonds is 5. The predicted octanol–water partition coefficient (Wildman–Crippen LogP) is 3.74. The van der Waals surface area contributed by atoms with Crippen molar-refractivity contribution in [1.82, 2.24) is 14.8 Å². The Hall–Kier alpha value is -2.67. The van der Waals surface area contributed by atoms with Gasteiger partial charge in [0.05, 0.1) is 22.0 Å². The van der Waals surface area contributed by atoms with Gasteiger partial charge in [-0.3, -0.25) is 9.78 Å². The number of aromatic nitrogens is 3. The van der Waals surface area contributed by atoms with Gasteiger partial charge in [-0.25, -0.2) is 4.68 Å². The molecule has 3 aromatic rings. The minimum atomic E-state index is -0.713. The van der Waals surface area contributed by atoms with E-state index < -0.39 is 6.10 Å². The summed E-state index contributed by atoms with van der Waals surface area (Å²) in [4.78, 5) is 16.4. The van der Waals surface area contributed by atoms with E-state index in [1.54, 1.807) is 30.2 Å². The number of hydrogen-bond donors (Lipinski definition) is 1. The van der Waals surface area contributed by atoms with Gasteiger partial charge in [0.15, 0.2) is 6.10 Å². The molecule has 0 fully saturated rings. The van der Waals surface area contributed by atoms with Gasteiger partial charge in [-0.05, 0) is 53.5 Å². The number of anilines is 1. The molecule has 2 heterocycles. The lowest BCUT2D eigenvalue weighted by molar-refractivity contribution is -0.122. The zero-order valence-electron chi connectivity index (χ0n) is 13.8. The third-order valence-electron chi connectivity index (χ3n) is 3.61. The normalized spacial score (nSPS) is 11.8. The molecule has 0 aliphatic carbocycles. The second-order valence-electron chi connectivity index (χ2n) is 5.50. The lowest BCUT2D eigenvalue weighted by atomic mass is 10.2. The van der Waals surface area contributed by atoms with Gasteiger partial charge in [0, 0.05) is 12.4 Å². The molecule has 0 spiro atoms. The molecule has 2 aromatic heterocycles. The Bertz CT molecular complexity index is 880. The highest BCUT2D eigenvalue weighted by atomic mass is 79.9. The summed E-state index contributed by atoms with van der Waals surface area (Å²) in [5, 5.41) is 7.19. The molecule has 128 valence electrons. The van der Waals surface area contributed by atoms with Crippen LogP contribution in [0.25, 0.3) is 5.69 Å². The van der Waals surface area contributed by atoms with Gasteiger partial charge in [0.1, 0.15) is 0 Å². The van der Waals surface area contributed by atoms with E-state index in [1.807, 2.05) is 43.3 Å². The molecule has 1 N–H and O–H groups in total. The first-order valence-corrected chi connectivity index (χ1v) is 8.52. The Labute approximate surface area is 154 Å². The van der Waals surface area contributed by atoms with Crippen molar-refractivity contribution < 1.29 is 9.53 Å². The summed E-state index contributed by atoms with van der Waals surface area (Å²) in [5.74, 6) is 0.0895. The number of nitrogens with zero attached hydrogens (tertiary/aromatic N) is 3. The van der Waals surface area contributed by atoms with Crippen molar-refractivity contribution in [2.24, 2.45) is 0 Å². The molecule has 1 amide bonds. The van der Waals surface area contributed by atoms with Crippen LogP contribution in [0.15, 0.2) is 59.5 Å². The van der Waals surface area contributed by atoms with Crippen molar-refractivity contribution in [2.75, 3.05) is 5.32 Å². The number of benzene rings is 1. The van der Waals surface area contributed by atoms with E-state index in [0.29, 0.717) is 16.0 Å². The van der Waals surface area contributed by atoms with Crippen molar-refractivity contribution in [2.45, 2.75) is 20.0 Å². The quantitative estimate of drug-likeness (QED) is 0.707. The first-order valence-electron chi connectivity index (χ1n) is 7.73. The van der Waals surface area contributed by atoms with Crippen LogP contribution in [-0.4, -0.2) is 26.8 Å². The summed E-state index contributed by atoms with van der Waals surface area (Å²) in [7, 11) is 0. The Balaban J connectivity index is 1.71. The maximum absolute atomic E-state index is 12.3. The Morgan fingerprint density at radius 2 is 2.04 bits per heavy atom. The molecular formula is C18H17BrN4O2. The summed E-state index contributed by atoms with van der Waals surface area (Å²) >= 11 is 3.42. The number of halogens is 1. The molecule has 6 nitrogen and oxygen atoms in total. The van der Waals surface area contributed by atoms with Crippen molar-refractivity contribution in [3.63, 3.8) is 0 Å². The van der Waals surface area contributed by atoms with Gasteiger partial charge in [0.2, 0.25) is 5.88 Å². The van der Waals surface area contributed by atoms with Crippen LogP contribution in [0, 0.1) is 6.92 Å². The second-order valence-corrected chi connectivity index (χ2v) is 6.36. The zero-order chi connectivity index (χ0) is 17.8. The number of aryl methyl sites for hydroxylation is 1. The summed E-state index contributed by atoms with van der Waals surface area (Å²) in [6, 6.07) is 11.5. The smallest absolute Gasteiger partial charge is 0.265 e. The number of nitrogens with one attached hydrogen (secondary N) is 1. The third-order valence-corrected chi connectivity index (χ3v) is 4.16. The highest BCUT2D eigenvalue weighted by molar-refractivity contribution is 9.10. The first-order chi connectivity index (χ1) is 12.0. The Morgan fingerprint density at radius 1 is 1.28 bits per heavy atom. The van der Waals surface area contributed by atoms with Crippen LogP contribution in [0.4, 0.5) is 5.69 Å². The van der Waals surface area contributed by atoms with E-state index in [0.717, 1.165) is 11.3 Å². The molecule has 0 radical (unpaired) electrons. The molecule has 1 atom stereocenters. The fourth-order valence-corrected chi connectivity index (χ4v) is 2.55. The molecule has 3 rings (SSSR count). The predicted molar refractivity (Wildman–Crippen MR) is 99.0 cm³/mol. The number of para-hydroxylation sites is 1. The van der Waals surface area contributed by atoms with Gasteiger partial charge in [0.25, 0.3) is 5.91 Å². The number of amides is 1. The van der Waals surface area contributed by atoms with Gasteiger partial charge in [-0.2, -0.15) is 0 Å². The molecule has 0 aliphatic heterocycles. The highest BCUT2D eigenvalue weighted by Gasteiger charge is 2.19. The maximum atomic E-state index is 12.3. The van der Waals surface area contributed by atoms with Crippen molar-refractivity contribution >= 4 is 27.5 Å². The Morgan fingerprint density at radius 3 is 2.76 bits per heavy atom. The molecule has 25 heavy (non-hydrogen) atoms. The van der Waals surface area contributed by atoms with E-state index in [-0.39, 0.29) is 5.91 Å². The first kappa shape index (κ1) is 17.2. The highest BCUT2D eigenvalue weighted by Crippen LogP contribution is 2.25. The maximum Gasteiger partial charge on any atom is 0.265 e. The van der Waals surface area contributed by atoms with Gasteiger partial charge >= 0.3 is 0 Å². The molecule has 1 unspecified atom stereocenters. The minimum Gasteiger partial charge on any atom is -0.463 e. The summed E-state index contributed by atoms with van der Waals surface area (Å²) < 4.78 is 8.07. The van der Waals surface area contributed by atoms with E-state index in [4.69, 9.17) is 4.74 Å². The van der Waals surface area contributed by atoms with Crippen LogP contribution < -0.4 is 10.1 Å². The van der Waals surface area contributed by atoms with Gasteiger partial charge in [-0.15, -0.1) is 5.10 Å². The average Bonchev–Trinajstić information content (AvgIpc) is 2.98. The molecule has 0 bridgehead atoms. The van der Waals surface area contributed by atoms with E-state index in [1.165, 1.54) is 0 Å². The molecule has 1 aromatic carbocycles. The van der Waals surface area contributed by atoms with Gasteiger partial charge in [-0.1, -0.05) is 18.2 Å². The van der Waals surface area contributed by atoms with Crippen LogP contribution in [0.1, 0.15) is 12.5 Å². The van der Waals surface area contributed by atoms with Crippen LogP contribution in [0.2, 0.25) is 0 Å². The third kappa shape index (κ3) is 4.06. The van der Waals surface area contributed by atoms with Crippen molar-refractivity contribution in [1.29, 1.82) is 0 Å². The molecule has 0 saturated carbocycles. The summed E-state index contributed by atoms with van der Waals surface area (Å²) in [5.41, 5.74) is 2.50. The van der Waals surface area contributed by atoms with E-state index >= 15 is 0 Å². The SMILES string of the molecule is Cc1ccncc1NC(=O)C(C)Oc1nn(-c2ccccc2)cc1Br. The van der Waals surface area contributed by atoms with Crippen molar-refractivity contribution in [3.05, 3.63) is 65.0 Å². The van der Waals surface area contributed by atoms with Crippen LogP contribution in [0.3, 0.4) is 0 Å². The lowest BCUT2D eigenvalue weighted by Crippen LogP contribution is -2.30. The number of pyridine rings is 1. The topological polar surface area (TPSA) is 69.0 Å². The molecule has 0 saturated heterocycles. The summed E-state index contributed by atoms with van der Waals surface area (Å²) in [6.07, 6.45) is 4.37. The second kappa shape index (κ2) is 7.48. The van der Waals surface area contributed by atoms with Crippen LogP contribution in [-0.2, 0) is 4.79 Å². The number of carbonyl (C=O) groups is 1. The fourth-order valence-electron chi connectivity index (χ4n) is 2.18. The van der Waals surface area contributed by atoms with E-state index in [9.17, 15) is 4.79 Å². The van der Waals surface area contributed by atoms with Gasteiger partial charge < -0.3 is 10.1 Å². The average molecular weight is 401 g/mol. The molecule has 0 aliphatic rings. The van der Waals surface area contributed by atoms with Crippen LogP contribution in [0.5, 0.6) is 5.88 Å². The zero-order valence-corrected chi connectivity index (χ0v) is 15.4. The molecular weight excluding hydrogens is 384 g/mol. The summed E-state index contributed by atoms with van der Waals surface area (Å²) in [6.45, 7) is 3.58. The van der Waals surface area contributed by atoms with Crippen molar-refractivity contribution in [3.8, 4) is 11.6 Å². The number of hydrogen-bond acceptors (Lipinski definition) is 4. The minimum absolute atomic E-state index is 0.266. The largest absolute Gasteiger partial charge is 0.463 e.